The van der Waals surface area contributed by atoms with Crippen LogP contribution in [0, 0.1) is 10.5 Å². The van der Waals surface area contributed by atoms with Crippen LogP contribution in [-0.4, -0.2) is 49.8 Å². The Morgan fingerprint density at radius 1 is 1.21 bits per heavy atom. The van der Waals surface area contributed by atoms with Crippen molar-refractivity contribution in [3.8, 4) is 0 Å². The van der Waals surface area contributed by atoms with Crippen molar-refractivity contribution >= 4 is 45.5 Å². The number of amides is 1. The first kappa shape index (κ1) is 20.8. The van der Waals surface area contributed by atoms with Gasteiger partial charge in [0.2, 0.25) is 11.9 Å². The molecule has 0 saturated heterocycles. The van der Waals surface area contributed by atoms with Gasteiger partial charge in [0, 0.05) is 25.2 Å². The smallest absolute Gasteiger partial charge is 0.228 e. The average Bonchev–Trinajstić information content (AvgIpc) is 3.21. The van der Waals surface area contributed by atoms with Crippen molar-refractivity contribution in [2.45, 2.75) is 40.3 Å². The monoisotopic (exact) mass is 494 g/mol. The highest BCUT2D eigenvalue weighted by Gasteiger charge is 2.14. The standard InChI is InChI=1S/C20H27IN6O/c1-4-25(5-2)12-13-26-18-9-7-6-8-17(18)23-20(26)24-19(28)10-11-27-15(3)16(21)14-22-27/h6-9,14H,4-5,10-13H2,1-3H3,(H,23,24,28). The van der Waals surface area contributed by atoms with E-state index in [1.807, 2.05) is 36.0 Å². The van der Waals surface area contributed by atoms with E-state index < -0.39 is 0 Å². The van der Waals surface area contributed by atoms with E-state index in [9.17, 15) is 4.79 Å². The zero-order valence-electron chi connectivity index (χ0n) is 16.7. The molecule has 28 heavy (non-hydrogen) atoms. The van der Waals surface area contributed by atoms with Crippen LogP contribution in [0.2, 0.25) is 0 Å². The number of anilines is 1. The second-order valence-corrected chi connectivity index (χ2v) is 7.86. The molecular weight excluding hydrogens is 467 g/mol. The topological polar surface area (TPSA) is 68.0 Å². The largest absolute Gasteiger partial charge is 0.309 e. The fraction of sp³-hybridized carbons (Fsp3) is 0.450. The summed E-state index contributed by atoms with van der Waals surface area (Å²) < 4.78 is 5.08. The zero-order chi connectivity index (χ0) is 20.1. The molecule has 1 aromatic carbocycles. The molecular formula is C20H27IN6O. The van der Waals surface area contributed by atoms with Crippen molar-refractivity contribution < 1.29 is 4.79 Å². The average molecular weight is 494 g/mol. The lowest BCUT2D eigenvalue weighted by Gasteiger charge is -2.19. The highest BCUT2D eigenvalue weighted by atomic mass is 127. The van der Waals surface area contributed by atoms with Gasteiger partial charge in [0.25, 0.3) is 0 Å². The van der Waals surface area contributed by atoms with E-state index in [0.29, 0.717) is 18.9 Å². The maximum Gasteiger partial charge on any atom is 0.228 e. The number of aryl methyl sites for hydroxylation is 1. The molecule has 0 spiro atoms. The van der Waals surface area contributed by atoms with Crippen molar-refractivity contribution in [1.29, 1.82) is 0 Å². The van der Waals surface area contributed by atoms with Gasteiger partial charge in [-0.2, -0.15) is 5.10 Å². The van der Waals surface area contributed by atoms with Crippen LogP contribution >= 0.6 is 22.6 Å². The molecule has 1 N–H and O–H groups in total. The number of carbonyl (C=O) groups excluding carboxylic acids is 1. The zero-order valence-corrected chi connectivity index (χ0v) is 18.8. The van der Waals surface area contributed by atoms with Crippen molar-refractivity contribution in [2.75, 3.05) is 25.0 Å². The maximum atomic E-state index is 12.6. The first-order chi connectivity index (χ1) is 13.5. The molecule has 0 fully saturated rings. The third kappa shape index (κ3) is 4.72. The molecule has 8 heteroatoms. The third-order valence-electron chi connectivity index (χ3n) is 5.03. The molecule has 3 rings (SSSR count). The molecule has 0 unspecified atom stereocenters. The lowest BCUT2D eigenvalue weighted by Crippen LogP contribution is -2.28. The summed E-state index contributed by atoms with van der Waals surface area (Å²) in [6.45, 7) is 10.6. The van der Waals surface area contributed by atoms with Gasteiger partial charge >= 0.3 is 0 Å². The van der Waals surface area contributed by atoms with Gasteiger partial charge in [-0.15, -0.1) is 0 Å². The normalized spacial score (nSPS) is 11.5. The summed E-state index contributed by atoms with van der Waals surface area (Å²) in [5, 5.41) is 7.32. The van der Waals surface area contributed by atoms with Gasteiger partial charge in [0.1, 0.15) is 0 Å². The van der Waals surface area contributed by atoms with Crippen LogP contribution in [0.15, 0.2) is 30.5 Å². The van der Waals surface area contributed by atoms with Gasteiger partial charge in [-0.1, -0.05) is 26.0 Å². The Bertz CT molecular complexity index is 943. The first-order valence-electron chi connectivity index (χ1n) is 9.68. The minimum absolute atomic E-state index is 0.0516. The number of imidazole rings is 1. The number of hydrogen-bond acceptors (Lipinski definition) is 4. The summed E-state index contributed by atoms with van der Waals surface area (Å²) in [7, 11) is 0. The number of para-hydroxylation sites is 2. The summed E-state index contributed by atoms with van der Waals surface area (Å²) in [4.78, 5) is 19.6. The number of halogens is 1. The summed E-state index contributed by atoms with van der Waals surface area (Å²) in [6, 6.07) is 8.01. The Kier molecular flexibility index (Phi) is 7.06. The first-order valence-corrected chi connectivity index (χ1v) is 10.8. The van der Waals surface area contributed by atoms with Crippen LogP contribution in [0.1, 0.15) is 26.0 Å². The second-order valence-electron chi connectivity index (χ2n) is 6.70. The van der Waals surface area contributed by atoms with Crippen LogP contribution in [-0.2, 0) is 17.9 Å². The van der Waals surface area contributed by atoms with Crippen molar-refractivity contribution in [2.24, 2.45) is 0 Å². The Labute approximate surface area is 179 Å². The van der Waals surface area contributed by atoms with E-state index in [1.165, 1.54) is 0 Å². The Balaban J connectivity index is 1.73. The van der Waals surface area contributed by atoms with Crippen molar-refractivity contribution in [3.63, 3.8) is 0 Å². The summed E-state index contributed by atoms with van der Waals surface area (Å²) in [5.74, 6) is 0.564. The number of nitrogens with one attached hydrogen (secondary N) is 1. The molecule has 0 radical (unpaired) electrons. The molecule has 3 aromatic rings. The second kappa shape index (κ2) is 9.51. The minimum Gasteiger partial charge on any atom is -0.309 e. The summed E-state index contributed by atoms with van der Waals surface area (Å²) >= 11 is 2.25. The number of hydrogen-bond donors (Lipinski definition) is 1. The predicted octanol–water partition coefficient (Wildman–Crippen LogP) is 3.52. The highest BCUT2D eigenvalue weighted by molar-refractivity contribution is 14.1. The molecule has 0 bridgehead atoms. The van der Waals surface area contributed by atoms with Gasteiger partial charge in [-0.3, -0.25) is 14.8 Å². The molecule has 1 amide bonds. The van der Waals surface area contributed by atoms with Crippen molar-refractivity contribution in [1.82, 2.24) is 24.2 Å². The number of carbonyl (C=O) groups is 1. The Morgan fingerprint density at radius 2 is 1.96 bits per heavy atom. The van der Waals surface area contributed by atoms with Gasteiger partial charge in [0.05, 0.1) is 27.3 Å². The molecule has 0 atom stereocenters. The van der Waals surface area contributed by atoms with Gasteiger partial charge in [-0.05, 0) is 54.7 Å². The summed E-state index contributed by atoms with van der Waals surface area (Å²) in [5.41, 5.74) is 3.03. The lowest BCUT2D eigenvalue weighted by atomic mass is 10.3. The van der Waals surface area contributed by atoms with E-state index in [2.05, 4.69) is 67.4 Å². The van der Waals surface area contributed by atoms with Gasteiger partial charge in [0.15, 0.2) is 0 Å². The molecule has 0 aliphatic rings. The number of benzene rings is 1. The van der Waals surface area contributed by atoms with Crippen LogP contribution in [0.4, 0.5) is 5.95 Å². The lowest BCUT2D eigenvalue weighted by molar-refractivity contribution is -0.116. The fourth-order valence-corrected chi connectivity index (χ4v) is 3.63. The van der Waals surface area contributed by atoms with Crippen molar-refractivity contribution in [3.05, 3.63) is 39.7 Å². The molecule has 150 valence electrons. The number of rotatable bonds is 9. The number of aromatic nitrogens is 4. The van der Waals surface area contributed by atoms with E-state index in [0.717, 1.165) is 46.5 Å². The number of nitrogens with zero attached hydrogens (tertiary/aromatic N) is 5. The fourth-order valence-electron chi connectivity index (χ4n) is 3.22. The SMILES string of the molecule is CCN(CC)CCn1c(NC(=O)CCn2ncc(I)c2C)nc2ccccc21. The Hall–Kier alpha value is -1.94. The van der Waals surface area contributed by atoms with Gasteiger partial charge in [-0.25, -0.2) is 4.98 Å². The van der Waals surface area contributed by atoms with Gasteiger partial charge < -0.3 is 9.47 Å². The van der Waals surface area contributed by atoms with E-state index in [4.69, 9.17) is 0 Å². The predicted molar refractivity (Wildman–Crippen MR) is 120 cm³/mol. The third-order valence-corrected chi connectivity index (χ3v) is 6.09. The van der Waals surface area contributed by atoms with E-state index in [1.54, 1.807) is 0 Å². The molecule has 7 nitrogen and oxygen atoms in total. The molecule has 0 aliphatic carbocycles. The number of fused-ring (bicyclic) bond motifs is 1. The molecule has 0 saturated carbocycles. The highest BCUT2D eigenvalue weighted by Crippen LogP contribution is 2.20. The number of likely N-dealkylation sites (N-methyl/N-ethyl adjacent to an activating group) is 1. The van der Waals surface area contributed by atoms with Crippen LogP contribution in [0.25, 0.3) is 11.0 Å². The quantitative estimate of drug-likeness (QED) is 0.463. The van der Waals surface area contributed by atoms with Crippen LogP contribution in [0.5, 0.6) is 0 Å². The molecule has 2 heterocycles. The van der Waals surface area contributed by atoms with Crippen LogP contribution in [0.3, 0.4) is 0 Å². The molecule has 0 aliphatic heterocycles. The molecule has 2 aromatic heterocycles. The van der Waals surface area contributed by atoms with E-state index in [-0.39, 0.29) is 5.91 Å². The Morgan fingerprint density at radius 3 is 2.64 bits per heavy atom. The maximum absolute atomic E-state index is 12.6. The summed E-state index contributed by atoms with van der Waals surface area (Å²) in [6.07, 6.45) is 2.18. The minimum atomic E-state index is -0.0516. The van der Waals surface area contributed by atoms with Crippen LogP contribution < -0.4 is 5.32 Å². The van der Waals surface area contributed by atoms with E-state index >= 15 is 0 Å².